The van der Waals surface area contributed by atoms with Crippen molar-refractivity contribution in [3.05, 3.63) is 35.9 Å². The summed E-state index contributed by atoms with van der Waals surface area (Å²) in [5, 5.41) is 9.06. The second-order valence-electron chi connectivity index (χ2n) is 2.09. The van der Waals surface area contributed by atoms with Gasteiger partial charge in [-0.3, -0.25) is 0 Å². The SMILES string of the molecule is O=[P+](O)C(O)c1ccccc1.[Na]. The Morgan fingerprint density at radius 2 is 1.75 bits per heavy atom. The first kappa shape index (κ1) is 12.2. The third-order valence-corrected chi connectivity index (χ3v) is 2.02. The van der Waals surface area contributed by atoms with Crippen LogP contribution in [-0.4, -0.2) is 39.6 Å². The molecule has 0 aromatic heterocycles. The minimum absolute atomic E-state index is 0. The topological polar surface area (TPSA) is 57.5 Å². The molecule has 0 fully saturated rings. The number of hydrogen-bond donors (Lipinski definition) is 2. The van der Waals surface area contributed by atoms with E-state index in [0.717, 1.165) is 0 Å². The van der Waals surface area contributed by atoms with Crippen LogP contribution in [0.2, 0.25) is 0 Å². The van der Waals surface area contributed by atoms with Crippen LogP contribution in [-0.2, 0) is 4.57 Å². The van der Waals surface area contributed by atoms with E-state index in [-0.39, 0.29) is 29.6 Å². The van der Waals surface area contributed by atoms with Crippen LogP contribution in [0, 0.1) is 0 Å². The molecule has 1 radical (unpaired) electrons. The zero-order chi connectivity index (χ0) is 8.27. The largest absolute Gasteiger partial charge is 0.542 e. The minimum atomic E-state index is -2.53. The standard InChI is InChI=1S/C7H7O3P.Na/c8-7(11(9)10)6-4-2-1-3-5-6;/h1-5,7-8H;/p+1. The Morgan fingerprint density at radius 1 is 1.25 bits per heavy atom. The Labute approximate surface area is 93.6 Å². The monoisotopic (exact) mass is 194 g/mol. The first-order chi connectivity index (χ1) is 5.22. The molecule has 0 spiro atoms. The quantitative estimate of drug-likeness (QED) is 0.546. The van der Waals surface area contributed by atoms with E-state index in [4.69, 9.17) is 10.00 Å². The van der Waals surface area contributed by atoms with Gasteiger partial charge in [-0.1, -0.05) is 30.3 Å². The van der Waals surface area contributed by atoms with Crippen molar-refractivity contribution < 1.29 is 14.6 Å². The Hall–Kier alpha value is 0.240. The van der Waals surface area contributed by atoms with E-state index >= 15 is 0 Å². The van der Waals surface area contributed by atoms with Crippen molar-refractivity contribution in [2.45, 2.75) is 5.85 Å². The normalized spacial score (nSPS) is 13.0. The number of rotatable bonds is 2. The van der Waals surface area contributed by atoms with Gasteiger partial charge in [0.05, 0.1) is 0 Å². The van der Waals surface area contributed by atoms with Crippen molar-refractivity contribution in [3.8, 4) is 0 Å². The summed E-state index contributed by atoms with van der Waals surface area (Å²) in [5.41, 5.74) is 0.469. The van der Waals surface area contributed by atoms with Crippen molar-refractivity contribution in [2.75, 3.05) is 0 Å². The van der Waals surface area contributed by atoms with Gasteiger partial charge in [0, 0.05) is 35.1 Å². The Kier molecular flexibility index (Phi) is 5.93. The fraction of sp³-hybridized carbons (Fsp3) is 0.143. The van der Waals surface area contributed by atoms with Crippen LogP contribution in [0.1, 0.15) is 11.4 Å². The van der Waals surface area contributed by atoms with Crippen LogP contribution in [0.5, 0.6) is 0 Å². The summed E-state index contributed by atoms with van der Waals surface area (Å²) in [4.78, 5) is 8.53. The van der Waals surface area contributed by atoms with Gasteiger partial charge >= 0.3 is 13.9 Å². The Bertz CT molecular complexity index is 252. The van der Waals surface area contributed by atoms with Gasteiger partial charge in [-0.25, -0.2) is 0 Å². The Balaban J connectivity index is 0.00000121. The molecule has 12 heavy (non-hydrogen) atoms. The molecule has 5 heteroatoms. The molecule has 2 N–H and O–H groups in total. The second-order valence-corrected chi connectivity index (χ2v) is 3.18. The van der Waals surface area contributed by atoms with E-state index in [1.807, 2.05) is 0 Å². The molecule has 2 atom stereocenters. The Morgan fingerprint density at radius 3 is 2.17 bits per heavy atom. The van der Waals surface area contributed by atoms with Crippen LogP contribution < -0.4 is 0 Å². The third kappa shape index (κ3) is 3.31. The van der Waals surface area contributed by atoms with Crippen molar-refractivity contribution in [1.82, 2.24) is 0 Å². The van der Waals surface area contributed by atoms with E-state index in [1.165, 1.54) is 0 Å². The number of hydrogen-bond acceptors (Lipinski definition) is 2. The molecule has 0 amide bonds. The summed E-state index contributed by atoms with van der Waals surface area (Å²) in [5.74, 6) is -1.26. The molecule has 1 rings (SSSR count). The second kappa shape index (κ2) is 5.81. The molecule has 0 aliphatic rings. The maximum absolute atomic E-state index is 10.4. The smallest absolute Gasteiger partial charge is 0.345 e. The van der Waals surface area contributed by atoms with Gasteiger partial charge in [-0.15, -0.1) is 0 Å². The molecule has 1 aromatic rings. The van der Waals surface area contributed by atoms with Crippen LogP contribution in [0.25, 0.3) is 0 Å². The fourth-order valence-corrected chi connectivity index (χ4v) is 1.18. The van der Waals surface area contributed by atoms with Gasteiger partial charge < -0.3 is 5.11 Å². The molecule has 0 heterocycles. The summed E-state index contributed by atoms with van der Waals surface area (Å²) in [7, 11) is -2.53. The van der Waals surface area contributed by atoms with Gasteiger partial charge in [0.25, 0.3) is 0 Å². The van der Waals surface area contributed by atoms with E-state index in [9.17, 15) is 4.57 Å². The predicted octanol–water partition coefficient (Wildman–Crippen LogP) is 1.03. The molecule has 0 aliphatic heterocycles. The number of benzene rings is 1. The van der Waals surface area contributed by atoms with E-state index in [1.54, 1.807) is 30.3 Å². The molecular formula is C7H8NaO3P+. The summed E-state index contributed by atoms with van der Waals surface area (Å²) in [6.07, 6.45) is 0. The van der Waals surface area contributed by atoms with Crippen LogP contribution in [0.3, 0.4) is 0 Å². The number of aliphatic hydroxyl groups is 1. The predicted molar refractivity (Wildman–Crippen MR) is 47.0 cm³/mol. The maximum Gasteiger partial charge on any atom is 0.542 e. The van der Waals surface area contributed by atoms with Gasteiger partial charge in [0.15, 0.2) is 0 Å². The number of aliphatic hydroxyl groups excluding tert-OH is 1. The van der Waals surface area contributed by atoms with Gasteiger partial charge in [0.2, 0.25) is 0 Å². The van der Waals surface area contributed by atoms with Crippen molar-refractivity contribution in [3.63, 3.8) is 0 Å². The first-order valence-electron chi connectivity index (χ1n) is 3.10. The maximum atomic E-state index is 10.4. The zero-order valence-electron chi connectivity index (χ0n) is 6.71. The molecule has 1 aromatic carbocycles. The van der Waals surface area contributed by atoms with Crippen molar-refractivity contribution in [1.29, 1.82) is 0 Å². The summed E-state index contributed by atoms with van der Waals surface area (Å²) in [6, 6.07) is 8.40. The molecule has 59 valence electrons. The van der Waals surface area contributed by atoms with Crippen LogP contribution in [0.15, 0.2) is 30.3 Å². The molecule has 0 aliphatic carbocycles. The first-order valence-corrected chi connectivity index (χ1v) is 4.38. The van der Waals surface area contributed by atoms with Crippen molar-refractivity contribution in [2.24, 2.45) is 0 Å². The van der Waals surface area contributed by atoms with Gasteiger partial charge in [-0.05, 0) is 4.57 Å². The van der Waals surface area contributed by atoms with E-state index in [0.29, 0.717) is 5.56 Å². The molecule has 0 saturated heterocycles. The molecule has 3 nitrogen and oxygen atoms in total. The van der Waals surface area contributed by atoms with Crippen molar-refractivity contribution >= 4 is 37.6 Å². The minimum Gasteiger partial charge on any atom is -0.345 e. The summed E-state index contributed by atoms with van der Waals surface area (Å²) >= 11 is 0. The summed E-state index contributed by atoms with van der Waals surface area (Å²) < 4.78 is 10.4. The average molecular weight is 194 g/mol. The van der Waals surface area contributed by atoms with Gasteiger partial charge in [-0.2, -0.15) is 4.89 Å². The molecular weight excluding hydrogens is 186 g/mol. The fourth-order valence-electron chi connectivity index (χ4n) is 0.753. The summed E-state index contributed by atoms with van der Waals surface area (Å²) in [6.45, 7) is 0. The third-order valence-electron chi connectivity index (χ3n) is 1.31. The molecule has 0 saturated carbocycles. The van der Waals surface area contributed by atoms with E-state index in [2.05, 4.69) is 0 Å². The van der Waals surface area contributed by atoms with E-state index < -0.39 is 13.9 Å². The van der Waals surface area contributed by atoms with Gasteiger partial charge in [0.1, 0.15) is 0 Å². The average Bonchev–Trinajstić information content (AvgIpc) is 2.05. The van der Waals surface area contributed by atoms with Crippen LogP contribution >= 0.6 is 8.03 Å². The molecule has 2 unspecified atom stereocenters. The van der Waals surface area contributed by atoms with Crippen LogP contribution in [0.4, 0.5) is 0 Å². The zero-order valence-corrected chi connectivity index (χ0v) is 9.61. The molecule has 0 bridgehead atoms.